The molecule has 3 heteroatoms. The van der Waals surface area contributed by atoms with Crippen molar-refractivity contribution >= 4 is 16.5 Å². The van der Waals surface area contributed by atoms with Gasteiger partial charge in [-0.05, 0) is 43.4 Å². The van der Waals surface area contributed by atoms with Crippen LogP contribution in [-0.4, -0.2) is 11.1 Å². The lowest BCUT2D eigenvalue weighted by Gasteiger charge is -2.28. The lowest BCUT2D eigenvalue weighted by Crippen LogP contribution is -2.24. The zero-order valence-corrected chi connectivity index (χ0v) is 11.3. The van der Waals surface area contributed by atoms with Crippen LogP contribution in [0.2, 0.25) is 0 Å². The summed E-state index contributed by atoms with van der Waals surface area (Å²) in [6.45, 7) is 2.30. The quantitative estimate of drug-likeness (QED) is 0.832. The second kappa shape index (κ2) is 5.08. The Balaban J connectivity index is 1.86. The summed E-state index contributed by atoms with van der Waals surface area (Å²) < 4.78 is 6.12. The van der Waals surface area contributed by atoms with Crippen LogP contribution >= 0.6 is 0 Å². The SMILES string of the molecule is CC1CCCC(Oc2ccc3cnccc3c2N)C1. The summed E-state index contributed by atoms with van der Waals surface area (Å²) in [4.78, 5) is 4.11. The van der Waals surface area contributed by atoms with Gasteiger partial charge in [-0.3, -0.25) is 4.98 Å². The van der Waals surface area contributed by atoms with Crippen molar-refractivity contribution in [2.24, 2.45) is 5.92 Å². The van der Waals surface area contributed by atoms with Crippen LogP contribution in [0.5, 0.6) is 5.75 Å². The Morgan fingerprint density at radius 1 is 1.26 bits per heavy atom. The van der Waals surface area contributed by atoms with Gasteiger partial charge in [-0.1, -0.05) is 13.3 Å². The molecular weight excluding hydrogens is 236 g/mol. The third kappa shape index (κ3) is 2.50. The van der Waals surface area contributed by atoms with Gasteiger partial charge in [0, 0.05) is 23.2 Å². The number of benzene rings is 1. The average molecular weight is 256 g/mol. The molecule has 0 saturated heterocycles. The maximum Gasteiger partial charge on any atom is 0.143 e. The summed E-state index contributed by atoms with van der Waals surface area (Å²) in [6.07, 6.45) is 8.75. The second-order valence-corrected chi connectivity index (χ2v) is 5.59. The van der Waals surface area contributed by atoms with Crippen molar-refractivity contribution in [3.63, 3.8) is 0 Å². The molecule has 2 N–H and O–H groups in total. The maximum atomic E-state index is 6.22. The van der Waals surface area contributed by atoms with Crippen molar-refractivity contribution in [3.8, 4) is 5.75 Å². The summed E-state index contributed by atoms with van der Waals surface area (Å²) in [5.74, 6) is 1.57. The zero-order chi connectivity index (χ0) is 13.2. The van der Waals surface area contributed by atoms with Crippen LogP contribution in [-0.2, 0) is 0 Å². The second-order valence-electron chi connectivity index (χ2n) is 5.59. The summed E-state index contributed by atoms with van der Waals surface area (Å²) in [5, 5.41) is 2.08. The standard InChI is InChI=1S/C16H20N2O/c1-11-3-2-4-13(9-11)19-15-6-5-12-10-18-8-7-14(12)16(15)17/h5-8,10-11,13H,2-4,9,17H2,1H3. The topological polar surface area (TPSA) is 48.1 Å². The van der Waals surface area contributed by atoms with E-state index in [0.29, 0.717) is 6.10 Å². The number of nitrogen functional groups attached to an aromatic ring is 1. The third-order valence-electron chi connectivity index (χ3n) is 4.00. The lowest BCUT2D eigenvalue weighted by molar-refractivity contribution is 0.130. The largest absolute Gasteiger partial charge is 0.488 e. The molecule has 0 aliphatic heterocycles. The van der Waals surface area contributed by atoms with Crippen molar-refractivity contribution in [1.82, 2.24) is 4.98 Å². The first kappa shape index (κ1) is 12.3. The number of hydrogen-bond donors (Lipinski definition) is 1. The van der Waals surface area contributed by atoms with E-state index in [4.69, 9.17) is 10.5 Å². The van der Waals surface area contributed by atoms with Crippen LogP contribution in [0.3, 0.4) is 0 Å². The number of pyridine rings is 1. The van der Waals surface area contributed by atoms with Crippen LogP contribution in [0.1, 0.15) is 32.6 Å². The molecule has 1 heterocycles. The van der Waals surface area contributed by atoms with Gasteiger partial charge in [0.2, 0.25) is 0 Å². The highest BCUT2D eigenvalue weighted by Gasteiger charge is 2.21. The fraction of sp³-hybridized carbons (Fsp3) is 0.438. The Morgan fingerprint density at radius 3 is 3.00 bits per heavy atom. The highest BCUT2D eigenvalue weighted by molar-refractivity contribution is 5.95. The summed E-state index contributed by atoms with van der Waals surface area (Å²) in [5.41, 5.74) is 6.95. The minimum absolute atomic E-state index is 0.310. The Morgan fingerprint density at radius 2 is 2.16 bits per heavy atom. The molecule has 1 aromatic carbocycles. The van der Waals surface area contributed by atoms with E-state index in [1.54, 1.807) is 6.20 Å². The summed E-state index contributed by atoms with van der Waals surface area (Å²) in [7, 11) is 0. The molecule has 0 amide bonds. The van der Waals surface area contributed by atoms with Crippen LogP contribution in [0.15, 0.2) is 30.6 Å². The Hall–Kier alpha value is -1.77. The predicted octanol–water partition coefficient (Wildman–Crippen LogP) is 3.77. The molecule has 0 spiro atoms. The number of aromatic nitrogens is 1. The molecule has 2 aromatic rings. The average Bonchev–Trinajstić information content (AvgIpc) is 2.42. The molecule has 1 fully saturated rings. The number of fused-ring (bicyclic) bond motifs is 1. The maximum absolute atomic E-state index is 6.22. The fourth-order valence-corrected chi connectivity index (χ4v) is 2.94. The normalized spacial score (nSPS) is 23.4. The van der Waals surface area contributed by atoms with Crippen molar-refractivity contribution in [3.05, 3.63) is 30.6 Å². The molecule has 3 nitrogen and oxygen atoms in total. The fourth-order valence-electron chi connectivity index (χ4n) is 2.94. The lowest BCUT2D eigenvalue weighted by atomic mass is 9.88. The van der Waals surface area contributed by atoms with Crippen molar-refractivity contribution < 1.29 is 4.74 Å². The number of hydrogen-bond acceptors (Lipinski definition) is 3. The molecule has 19 heavy (non-hydrogen) atoms. The van der Waals surface area contributed by atoms with E-state index < -0.39 is 0 Å². The summed E-state index contributed by atoms with van der Waals surface area (Å²) in [6, 6.07) is 5.94. The highest BCUT2D eigenvalue weighted by Crippen LogP contribution is 2.33. The number of nitrogens with zero attached hydrogens (tertiary/aromatic N) is 1. The van der Waals surface area contributed by atoms with Crippen molar-refractivity contribution in [2.45, 2.75) is 38.7 Å². The molecule has 100 valence electrons. The van der Waals surface area contributed by atoms with Crippen LogP contribution in [0.25, 0.3) is 10.8 Å². The van der Waals surface area contributed by atoms with Crippen molar-refractivity contribution in [2.75, 3.05) is 5.73 Å². The van der Waals surface area contributed by atoms with E-state index in [-0.39, 0.29) is 0 Å². The smallest absolute Gasteiger partial charge is 0.143 e. The molecule has 0 bridgehead atoms. The van der Waals surface area contributed by atoms with Gasteiger partial charge in [-0.25, -0.2) is 0 Å². The third-order valence-corrected chi connectivity index (χ3v) is 4.00. The number of nitrogens with two attached hydrogens (primary N) is 1. The molecule has 1 aliphatic rings. The van der Waals surface area contributed by atoms with Gasteiger partial charge in [0.05, 0.1) is 11.8 Å². The highest BCUT2D eigenvalue weighted by atomic mass is 16.5. The number of rotatable bonds is 2. The first-order valence-corrected chi connectivity index (χ1v) is 7.03. The Bertz CT molecular complexity index is 582. The van der Waals surface area contributed by atoms with Gasteiger partial charge in [-0.15, -0.1) is 0 Å². The van der Waals surface area contributed by atoms with Gasteiger partial charge < -0.3 is 10.5 Å². The molecule has 1 saturated carbocycles. The first-order valence-electron chi connectivity index (χ1n) is 7.03. The van der Waals surface area contributed by atoms with E-state index in [9.17, 15) is 0 Å². The molecule has 2 atom stereocenters. The van der Waals surface area contributed by atoms with E-state index in [1.807, 2.05) is 24.4 Å². The molecule has 3 rings (SSSR count). The predicted molar refractivity (Wildman–Crippen MR) is 78.2 cm³/mol. The minimum atomic E-state index is 0.310. The van der Waals surface area contributed by atoms with Crippen molar-refractivity contribution in [1.29, 1.82) is 0 Å². The monoisotopic (exact) mass is 256 g/mol. The van der Waals surface area contributed by atoms with E-state index in [0.717, 1.165) is 41.0 Å². The Kier molecular flexibility index (Phi) is 3.28. The van der Waals surface area contributed by atoms with Gasteiger partial charge in [-0.2, -0.15) is 0 Å². The van der Waals surface area contributed by atoms with Gasteiger partial charge >= 0.3 is 0 Å². The molecular formula is C16H20N2O. The van der Waals surface area contributed by atoms with Crippen LogP contribution in [0, 0.1) is 5.92 Å². The Labute approximate surface area is 113 Å². The van der Waals surface area contributed by atoms with Gasteiger partial charge in [0.15, 0.2) is 0 Å². The molecule has 0 radical (unpaired) electrons. The van der Waals surface area contributed by atoms with E-state index in [1.165, 1.54) is 12.8 Å². The van der Waals surface area contributed by atoms with Crippen LogP contribution < -0.4 is 10.5 Å². The minimum Gasteiger partial charge on any atom is -0.488 e. The van der Waals surface area contributed by atoms with Crippen LogP contribution in [0.4, 0.5) is 5.69 Å². The van der Waals surface area contributed by atoms with Gasteiger partial charge in [0.1, 0.15) is 5.75 Å². The molecule has 1 aliphatic carbocycles. The summed E-state index contributed by atoms with van der Waals surface area (Å²) >= 11 is 0. The van der Waals surface area contributed by atoms with E-state index >= 15 is 0 Å². The molecule has 2 unspecified atom stereocenters. The number of ether oxygens (including phenoxy) is 1. The molecule has 1 aromatic heterocycles. The first-order chi connectivity index (χ1) is 9.24. The zero-order valence-electron chi connectivity index (χ0n) is 11.3. The van der Waals surface area contributed by atoms with E-state index in [2.05, 4.69) is 11.9 Å². The number of anilines is 1. The van der Waals surface area contributed by atoms with Gasteiger partial charge in [0.25, 0.3) is 0 Å².